The maximum atomic E-state index is 4.54. The van der Waals surface area contributed by atoms with Crippen molar-refractivity contribution in [2.75, 3.05) is 0 Å². The standard InChI is InChI=1S/C18H16BrN3S/c1-14-18(11-12-23-13-15-5-3-2-4-6-15)21-22(20-14)17-9-7-16(19)8-10-17/h2-12H,13H2,1H3/b12-11+. The van der Waals surface area contributed by atoms with Crippen LogP contribution in [0.3, 0.4) is 0 Å². The first kappa shape index (κ1) is 16.0. The lowest BCUT2D eigenvalue weighted by atomic mass is 10.2. The highest BCUT2D eigenvalue weighted by molar-refractivity contribution is 9.10. The molecule has 1 heterocycles. The minimum atomic E-state index is 0.897. The molecule has 0 spiro atoms. The molecule has 0 saturated heterocycles. The van der Waals surface area contributed by atoms with Gasteiger partial charge in [0.15, 0.2) is 0 Å². The van der Waals surface area contributed by atoms with Crippen LogP contribution in [0.15, 0.2) is 64.5 Å². The molecule has 3 aromatic rings. The lowest BCUT2D eigenvalue weighted by molar-refractivity contribution is 0.744. The van der Waals surface area contributed by atoms with Gasteiger partial charge in [0.1, 0.15) is 5.69 Å². The number of thioether (sulfide) groups is 1. The van der Waals surface area contributed by atoms with Gasteiger partial charge in [0, 0.05) is 10.2 Å². The Hall–Kier alpha value is -1.85. The normalized spacial score (nSPS) is 11.2. The molecule has 0 saturated carbocycles. The molecule has 0 radical (unpaired) electrons. The summed E-state index contributed by atoms with van der Waals surface area (Å²) < 4.78 is 1.04. The second kappa shape index (κ2) is 7.62. The van der Waals surface area contributed by atoms with Crippen molar-refractivity contribution in [1.29, 1.82) is 0 Å². The van der Waals surface area contributed by atoms with E-state index in [0.29, 0.717) is 0 Å². The summed E-state index contributed by atoms with van der Waals surface area (Å²) in [7, 11) is 0. The summed E-state index contributed by atoms with van der Waals surface area (Å²) in [6.45, 7) is 1.98. The Morgan fingerprint density at radius 2 is 1.78 bits per heavy atom. The zero-order chi connectivity index (χ0) is 16.1. The first-order chi connectivity index (χ1) is 11.2. The van der Waals surface area contributed by atoms with Crippen LogP contribution >= 0.6 is 27.7 Å². The predicted octanol–water partition coefficient (Wildman–Crippen LogP) is 5.24. The Bertz CT molecular complexity index is 795. The van der Waals surface area contributed by atoms with E-state index in [2.05, 4.69) is 55.8 Å². The van der Waals surface area contributed by atoms with Crippen LogP contribution in [0.4, 0.5) is 0 Å². The van der Waals surface area contributed by atoms with E-state index in [1.807, 2.05) is 43.3 Å². The molecule has 0 fully saturated rings. The molecule has 23 heavy (non-hydrogen) atoms. The molecule has 0 aliphatic rings. The van der Waals surface area contributed by atoms with Crippen molar-refractivity contribution >= 4 is 33.8 Å². The summed E-state index contributed by atoms with van der Waals surface area (Å²) in [5, 5.41) is 11.1. The molecule has 5 heteroatoms. The SMILES string of the molecule is Cc1nn(-c2ccc(Br)cc2)nc1/C=C/SCc1ccccc1. The highest BCUT2D eigenvalue weighted by Crippen LogP contribution is 2.17. The van der Waals surface area contributed by atoms with Crippen LogP contribution in [0.2, 0.25) is 0 Å². The van der Waals surface area contributed by atoms with E-state index in [1.165, 1.54) is 5.56 Å². The van der Waals surface area contributed by atoms with Gasteiger partial charge in [0.25, 0.3) is 0 Å². The molecule has 1 aromatic heterocycles. The highest BCUT2D eigenvalue weighted by atomic mass is 79.9. The lowest BCUT2D eigenvalue weighted by Gasteiger charge is -1.98. The van der Waals surface area contributed by atoms with E-state index in [0.717, 1.165) is 27.3 Å². The minimum absolute atomic E-state index is 0.897. The van der Waals surface area contributed by atoms with Gasteiger partial charge in [-0.1, -0.05) is 46.3 Å². The van der Waals surface area contributed by atoms with Crippen molar-refractivity contribution in [2.24, 2.45) is 0 Å². The zero-order valence-corrected chi connectivity index (χ0v) is 15.1. The van der Waals surface area contributed by atoms with Crippen LogP contribution < -0.4 is 0 Å². The number of hydrogen-bond acceptors (Lipinski definition) is 3. The van der Waals surface area contributed by atoms with E-state index in [-0.39, 0.29) is 0 Å². The summed E-state index contributed by atoms with van der Waals surface area (Å²) in [5.74, 6) is 0.956. The van der Waals surface area contributed by atoms with Gasteiger partial charge < -0.3 is 0 Å². The number of aryl methyl sites for hydroxylation is 1. The molecular formula is C18H16BrN3S. The van der Waals surface area contributed by atoms with Crippen LogP contribution in [-0.2, 0) is 5.75 Å². The van der Waals surface area contributed by atoms with Crippen molar-refractivity contribution < 1.29 is 0 Å². The van der Waals surface area contributed by atoms with Crippen LogP contribution in [-0.4, -0.2) is 15.0 Å². The summed E-state index contributed by atoms with van der Waals surface area (Å²) in [6, 6.07) is 18.4. The number of halogens is 1. The average Bonchev–Trinajstić information content (AvgIpc) is 2.94. The van der Waals surface area contributed by atoms with E-state index < -0.39 is 0 Å². The van der Waals surface area contributed by atoms with Crippen LogP contribution in [0.5, 0.6) is 0 Å². The number of rotatable bonds is 5. The number of aromatic nitrogens is 3. The van der Waals surface area contributed by atoms with Crippen molar-refractivity contribution in [3.8, 4) is 5.69 Å². The molecule has 0 amide bonds. The van der Waals surface area contributed by atoms with Crippen molar-refractivity contribution in [3.63, 3.8) is 0 Å². The van der Waals surface area contributed by atoms with Gasteiger partial charge in [0.05, 0.1) is 11.4 Å². The van der Waals surface area contributed by atoms with Crippen molar-refractivity contribution in [2.45, 2.75) is 12.7 Å². The molecule has 0 aliphatic carbocycles. The topological polar surface area (TPSA) is 30.7 Å². The summed E-state index contributed by atoms with van der Waals surface area (Å²) in [4.78, 5) is 1.67. The molecule has 3 nitrogen and oxygen atoms in total. The third kappa shape index (κ3) is 4.33. The second-order valence-corrected chi connectivity index (χ2v) is 6.85. The molecule has 116 valence electrons. The van der Waals surface area contributed by atoms with Gasteiger partial charge in [-0.15, -0.1) is 16.9 Å². The predicted molar refractivity (Wildman–Crippen MR) is 101 cm³/mol. The molecule has 2 aromatic carbocycles. The molecule has 0 atom stereocenters. The Labute approximate surface area is 148 Å². The fourth-order valence-corrected chi connectivity index (χ4v) is 3.04. The summed E-state index contributed by atoms with van der Waals surface area (Å²) in [5.41, 5.74) is 4.09. The maximum Gasteiger partial charge on any atom is 0.109 e. The zero-order valence-electron chi connectivity index (χ0n) is 12.7. The van der Waals surface area contributed by atoms with E-state index in [9.17, 15) is 0 Å². The average molecular weight is 386 g/mol. The Balaban J connectivity index is 1.66. The fourth-order valence-electron chi connectivity index (χ4n) is 2.07. The van der Waals surface area contributed by atoms with Crippen molar-refractivity contribution in [1.82, 2.24) is 15.0 Å². The van der Waals surface area contributed by atoms with E-state index in [4.69, 9.17) is 0 Å². The first-order valence-corrected chi connectivity index (χ1v) is 9.08. The molecule has 0 aliphatic heterocycles. The largest absolute Gasteiger partial charge is 0.153 e. The molecular weight excluding hydrogens is 370 g/mol. The Morgan fingerprint density at radius 3 is 2.52 bits per heavy atom. The smallest absolute Gasteiger partial charge is 0.109 e. The second-order valence-electron chi connectivity index (χ2n) is 5.04. The fraction of sp³-hybridized carbons (Fsp3) is 0.111. The van der Waals surface area contributed by atoms with Gasteiger partial charge in [-0.05, 0) is 48.2 Å². The highest BCUT2D eigenvalue weighted by Gasteiger charge is 2.05. The van der Waals surface area contributed by atoms with Gasteiger partial charge in [-0.2, -0.15) is 9.90 Å². The van der Waals surface area contributed by atoms with Gasteiger partial charge in [-0.3, -0.25) is 0 Å². The third-order valence-corrected chi connectivity index (χ3v) is 4.65. The molecule has 0 unspecified atom stereocenters. The van der Waals surface area contributed by atoms with Gasteiger partial charge >= 0.3 is 0 Å². The van der Waals surface area contributed by atoms with Gasteiger partial charge in [-0.25, -0.2) is 0 Å². The number of nitrogens with zero attached hydrogens (tertiary/aromatic N) is 3. The van der Waals surface area contributed by atoms with E-state index >= 15 is 0 Å². The van der Waals surface area contributed by atoms with Crippen molar-refractivity contribution in [3.05, 3.63) is 81.4 Å². The van der Waals surface area contributed by atoms with E-state index in [1.54, 1.807) is 16.6 Å². The Kier molecular flexibility index (Phi) is 5.31. The number of benzene rings is 2. The van der Waals surface area contributed by atoms with Crippen LogP contribution in [0.25, 0.3) is 11.8 Å². The first-order valence-electron chi connectivity index (χ1n) is 7.24. The lowest BCUT2D eigenvalue weighted by Crippen LogP contribution is -1.98. The summed E-state index contributed by atoms with van der Waals surface area (Å²) >= 11 is 5.19. The molecule has 0 N–H and O–H groups in total. The summed E-state index contributed by atoms with van der Waals surface area (Å²) in [6.07, 6.45) is 2.02. The quantitative estimate of drug-likeness (QED) is 0.601. The minimum Gasteiger partial charge on any atom is -0.153 e. The third-order valence-electron chi connectivity index (χ3n) is 3.29. The monoisotopic (exact) mass is 385 g/mol. The maximum absolute atomic E-state index is 4.54. The molecule has 3 rings (SSSR count). The van der Waals surface area contributed by atoms with Gasteiger partial charge in [0.2, 0.25) is 0 Å². The Morgan fingerprint density at radius 1 is 1.04 bits per heavy atom. The van der Waals surface area contributed by atoms with Crippen LogP contribution in [0, 0.1) is 6.92 Å². The number of hydrogen-bond donors (Lipinski definition) is 0. The van der Waals surface area contributed by atoms with Crippen LogP contribution in [0.1, 0.15) is 17.0 Å². The molecule has 0 bridgehead atoms.